The van der Waals surface area contributed by atoms with Gasteiger partial charge >= 0.3 is 66.7 Å². The fraction of sp³-hybridized carbons (Fsp3) is 1.00. The minimum Gasteiger partial charge on any atom is -1.00 e. The molecule has 0 amide bonds. The molecule has 0 heterocycles. The largest absolute Gasteiger partial charge is 1.00 e. The maximum Gasteiger partial charge on any atom is 1.00 e. The molecule has 0 aromatic carbocycles. The van der Waals surface area contributed by atoms with E-state index < -0.39 is 7.60 Å². The van der Waals surface area contributed by atoms with Gasteiger partial charge in [0.05, 0.1) is 0 Å². The molecule has 0 aliphatic heterocycles. The van der Waals surface area contributed by atoms with Crippen molar-refractivity contribution >= 4 is 7.60 Å². The van der Waals surface area contributed by atoms with E-state index in [-0.39, 0.29) is 68.1 Å². The standard InChI is InChI=1S/C8H19O3P.2Na.2H/c1-2-3-4-5-6-7-8-12(9,10)11;;;;/h2-8H2,1H3,(H2,9,10,11);;;;/q;2*+1;2*-1. The number of unbranched alkanes of at least 4 members (excludes halogenated alkanes) is 5. The second-order valence-electron chi connectivity index (χ2n) is 3.16. The van der Waals surface area contributed by atoms with Crippen LogP contribution in [-0.2, 0) is 4.57 Å². The maximum atomic E-state index is 10.4. The van der Waals surface area contributed by atoms with E-state index in [4.69, 9.17) is 9.79 Å². The van der Waals surface area contributed by atoms with E-state index >= 15 is 0 Å². The fourth-order valence-electron chi connectivity index (χ4n) is 1.10. The van der Waals surface area contributed by atoms with E-state index in [1.165, 1.54) is 19.3 Å². The smallest absolute Gasteiger partial charge is 1.00 e. The van der Waals surface area contributed by atoms with Crippen LogP contribution in [0.15, 0.2) is 0 Å². The molecule has 2 N–H and O–H groups in total. The molecule has 0 aromatic rings. The second kappa shape index (κ2) is 13.2. The summed E-state index contributed by atoms with van der Waals surface area (Å²) in [5, 5.41) is 0. The van der Waals surface area contributed by atoms with Crippen LogP contribution in [0.4, 0.5) is 0 Å². The molecule has 14 heavy (non-hydrogen) atoms. The predicted molar refractivity (Wildman–Crippen MR) is 52.5 cm³/mol. The normalized spacial score (nSPS) is 10.2. The van der Waals surface area contributed by atoms with Crippen molar-refractivity contribution in [3.63, 3.8) is 0 Å². The van der Waals surface area contributed by atoms with E-state index in [1.54, 1.807) is 0 Å². The third kappa shape index (κ3) is 19.7. The van der Waals surface area contributed by atoms with Crippen molar-refractivity contribution in [1.29, 1.82) is 0 Å². The fourth-order valence-corrected chi connectivity index (χ4v) is 1.73. The summed E-state index contributed by atoms with van der Waals surface area (Å²) in [6.07, 6.45) is 6.40. The molecule has 0 fully saturated rings. The molecule has 0 saturated carbocycles. The van der Waals surface area contributed by atoms with Gasteiger partial charge in [-0.05, 0) is 6.42 Å². The quantitative estimate of drug-likeness (QED) is 0.280. The molecule has 0 rings (SSSR count). The van der Waals surface area contributed by atoms with Crippen LogP contribution < -0.4 is 59.1 Å². The minimum absolute atomic E-state index is 0. The SMILES string of the molecule is CCCCCCCCP(=O)(O)O.[H-].[H-].[Na+].[Na+]. The average molecular weight is 242 g/mol. The average Bonchev–Trinajstić information content (AvgIpc) is 1.94. The summed E-state index contributed by atoms with van der Waals surface area (Å²) in [6, 6.07) is 0. The molecule has 0 unspecified atom stereocenters. The van der Waals surface area contributed by atoms with Crippen molar-refractivity contribution in [2.75, 3.05) is 6.16 Å². The van der Waals surface area contributed by atoms with Crippen LogP contribution >= 0.6 is 7.60 Å². The molecule has 0 bridgehead atoms. The van der Waals surface area contributed by atoms with E-state index in [1.807, 2.05) is 0 Å². The zero-order valence-electron chi connectivity index (χ0n) is 11.7. The summed E-state index contributed by atoms with van der Waals surface area (Å²) < 4.78 is 10.4. The van der Waals surface area contributed by atoms with Gasteiger partial charge in [-0.15, -0.1) is 0 Å². The first-order valence-electron chi connectivity index (χ1n) is 4.61. The minimum atomic E-state index is -3.72. The van der Waals surface area contributed by atoms with Crippen molar-refractivity contribution in [3.8, 4) is 0 Å². The van der Waals surface area contributed by atoms with E-state index in [0.29, 0.717) is 6.42 Å². The van der Waals surface area contributed by atoms with Crippen LogP contribution in [0.5, 0.6) is 0 Å². The molecule has 0 saturated heterocycles. The van der Waals surface area contributed by atoms with E-state index in [2.05, 4.69) is 6.92 Å². The summed E-state index contributed by atoms with van der Waals surface area (Å²) in [6.45, 7) is 2.15. The van der Waals surface area contributed by atoms with Gasteiger partial charge < -0.3 is 12.6 Å². The number of hydrogen-bond donors (Lipinski definition) is 2. The zero-order chi connectivity index (χ0) is 9.45. The Morgan fingerprint density at radius 1 is 1.00 bits per heavy atom. The zero-order valence-corrected chi connectivity index (χ0v) is 14.6. The molecular formula is C8H21Na2O3P. The Bertz CT molecular complexity index is 158. The van der Waals surface area contributed by atoms with Crippen LogP contribution in [0.1, 0.15) is 48.3 Å². The summed E-state index contributed by atoms with van der Waals surface area (Å²) in [4.78, 5) is 17.1. The van der Waals surface area contributed by atoms with Crippen LogP contribution in [0, 0.1) is 0 Å². The molecule has 3 nitrogen and oxygen atoms in total. The first kappa shape index (κ1) is 21.4. The van der Waals surface area contributed by atoms with E-state index in [9.17, 15) is 4.57 Å². The van der Waals surface area contributed by atoms with Gasteiger partial charge in [0.2, 0.25) is 0 Å². The molecular weight excluding hydrogens is 221 g/mol. The Labute approximate surface area is 134 Å². The molecule has 0 aliphatic rings. The molecule has 78 valence electrons. The van der Waals surface area contributed by atoms with Crippen molar-refractivity contribution in [1.82, 2.24) is 0 Å². The van der Waals surface area contributed by atoms with Gasteiger partial charge in [0.1, 0.15) is 0 Å². The van der Waals surface area contributed by atoms with E-state index in [0.717, 1.165) is 12.8 Å². The molecule has 0 spiro atoms. The molecule has 6 heteroatoms. The topological polar surface area (TPSA) is 57.5 Å². The van der Waals surface area contributed by atoms with Gasteiger partial charge in [0, 0.05) is 6.16 Å². The van der Waals surface area contributed by atoms with Crippen molar-refractivity contribution in [2.24, 2.45) is 0 Å². The van der Waals surface area contributed by atoms with Gasteiger partial charge in [-0.2, -0.15) is 0 Å². The maximum absolute atomic E-state index is 10.4. The van der Waals surface area contributed by atoms with Crippen LogP contribution in [0.3, 0.4) is 0 Å². The molecule has 0 atom stereocenters. The van der Waals surface area contributed by atoms with Crippen molar-refractivity contribution < 1.29 is 76.3 Å². The number of rotatable bonds is 7. The third-order valence-corrected chi connectivity index (χ3v) is 2.70. The Hall–Kier alpha value is 2.15. The summed E-state index contributed by atoms with van der Waals surface area (Å²) >= 11 is 0. The Morgan fingerprint density at radius 2 is 1.43 bits per heavy atom. The van der Waals surface area contributed by atoms with Crippen molar-refractivity contribution in [2.45, 2.75) is 45.4 Å². The Balaban J connectivity index is -0.000000101. The van der Waals surface area contributed by atoms with Gasteiger partial charge in [-0.3, -0.25) is 4.57 Å². The second-order valence-corrected chi connectivity index (χ2v) is 4.93. The Morgan fingerprint density at radius 3 is 1.86 bits per heavy atom. The van der Waals surface area contributed by atoms with Crippen LogP contribution in [0.2, 0.25) is 0 Å². The van der Waals surface area contributed by atoms with Crippen molar-refractivity contribution in [3.05, 3.63) is 0 Å². The summed E-state index contributed by atoms with van der Waals surface area (Å²) in [5.74, 6) is 0. The van der Waals surface area contributed by atoms with Crippen LogP contribution in [0.25, 0.3) is 0 Å². The third-order valence-electron chi connectivity index (χ3n) is 1.80. The molecule has 0 aliphatic carbocycles. The monoisotopic (exact) mass is 242 g/mol. The molecule has 0 aromatic heterocycles. The van der Waals surface area contributed by atoms with Gasteiger partial charge in [0.15, 0.2) is 0 Å². The summed E-state index contributed by atoms with van der Waals surface area (Å²) in [5.41, 5.74) is 0. The molecule has 0 radical (unpaired) electrons. The number of hydrogen-bond acceptors (Lipinski definition) is 1. The first-order chi connectivity index (χ1) is 5.56. The Kier molecular flexibility index (Phi) is 20.2. The van der Waals surface area contributed by atoms with Crippen LogP contribution in [-0.4, -0.2) is 15.9 Å². The first-order valence-corrected chi connectivity index (χ1v) is 6.40. The van der Waals surface area contributed by atoms with Gasteiger partial charge in [0.25, 0.3) is 0 Å². The predicted octanol–water partition coefficient (Wildman–Crippen LogP) is -3.24. The van der Waals surface area contributed by atoms with Gasteiger partial charge in [-0.1, -0.05) is 39.0 Å². The van der Waals surface area contributed by atoms with Gasteiger partial charge in [-0.25, -0.2) is 0 Å². The summed E-state index contributed by atoms with van der Waals surface area (Å²) in [7, 11) is -3.72.